The predicted octanol–water partition coefficient (Wildman–Crippen LogP) is 3.05. The van der Waals surface area contributed by atoms with Crippen LogP contribution in [0.2, 0.25) is 0 Å². The highest BCUT2D eigenvalue weighted by Crippen LogP contribution is 2.35. The molecule has 1 aromatic rings. The van der Waals surface area contributed by atoms with Crippen molar-refractivity contribution in [1.29, 1.82) is 0 Å². The molecule has 1 heterocycles. The highest BCUT2D eigenvalue weighted by molar-refractivity contribution is 5.42. The summed E-state index contributed by atoms with van der Waals surface area (Å²) in [5.74, 6) is 1.27. The molecule has 2 N–H and O–H groups in total. The molecule has 0 fully saturated rings. The van der Waals surface area contributed by atoms with Crippen LogP contribution in [0, 0.1) is 12.3 Å². The van der Waals surface area contributed by atoms with E-state index in [9.17, 15) is 0 Å². The molecule has 4 nitrogen and oxygen atoms in total. The Bertz CT molecular complexity index is 387. The smallest absolute Gasteiger partial charge is 0.160 e. The minimum atomic E-state index is -0.130. The second kappa shape index (κ2) is 5.65. The molecule has 1 atom stereocenters. The summed E-state index contributed by atoms with van der Waals surface area (Å²) in [5.41, 5.74) is 7.93. The van der Waals surface area contributed by atoms with Gasteiger partial charge in [-0.25, -0.2) is 9.97 Å². The van der Waals surface area contributed by atoms with E-state index in [0.717, 1.165) is 17.7 Å². The van der Waals surface area contributed by atoms with E-state index in [-0.39, 0.29) is 11.5 Å². The van der Waals surface area contributed by atoms with Crippen molar-refractivity contribution in [2.45, 2.75) is 54.1 Å². The topological polar surface area (TPSA) is 61.0 Å². The SMILES string of the molecule is CCOC(c1nc(C)c(CC)c(N)n1)C(C)(C)C. The first-order valence-corrected chi connectivity index (χ1v) is 6.55. The number of ether oxygens (including phenoxy) is 1. The largest absolute Gasteiger partial charge is 0.383 e. The Labute approximate surface area is 110 Å². The average Bonchev–Trinajstić information content (AvgIpc) is 2.23. The zero-order valence-electron chi connectivity index (χ0n) is 12.4. The lowest BCUT2D eigenvalue weighted by Crippen LogP contribution is -2.24. The van der Waals surface area contributed by atoms with E-state index in [1.807, 2.05) is 13.8 Å². The molecule has 1 unspecified atom stereocenters. The molecule has 0 saturated heterocycles. The van der Waals surface area contributed by atoms with Crippen molar-refractivity contribution in [1.82, 2.24) is 9.97 Å². The normalized spacial score (nSPS) is 13.7. The predicted molar refractivity (Wildman–Crippen MR) is 74.4 cm³/mol. The monoisotopic (exact) mass is 251 g/mol. The van der Waals surface area contributed by atoms with Crippen LogP contribution in [-0.2, 0) is 11.2 Å². The summed E-state index contributed by atoms with van der Waals surface area (Å²) >= 11 is 0. The van der Waals surface area contributed by atoms with Gasteiger partial charge in [-0.15, -0.1) is 0 Å². The third-order valence-corrected chi connectivity index (χ3v) is 2.97. The van der Waals surface area contributed by atoms with Crippen molar-refractivity contribution in [3.05, 3.63) is 17.1 Å². The van der Waals surface area contributed by atoms with Gasteiger partial charge in [-0.2, -0.15) is 0 Å². The van der Waals surface area contributed by atoms with Gasteiger partial charge in [0.25, 0.3) is 0 Å². The molecule has 0 aliphatic heterocycles. The number of hydrogen-bond acceptors (Lipinski definition) is 4. The fourth-order valence-electron chi connectivity index (χ4n) is 2.07. The maximum Gasteiger partial charge on any atom is 0.160 e. The van der Waals surface area contributed by atoms with Gasteiger partial charge in [0.2, 0.25) is 0 Å². The van der Waals surface area contributed by atoms with E-state index in [2.05, 4.69) is 37.7 Å². The van der Waals surface area contributed by atoms with Gasteiger partial charge in [-0.05, 0) is 25.7 Å². The average molecular weight is 251 g/mol. The van der Waals surface area contributed by atoms with E-state index in [1.165, 1.54) is 0 Å². The Morgan fingerprint density at radius 2 is 1.83 bits per heavy atom. The maximum absolute atomic E-state index is 6.00. The second-order valence-electron chi connectivity index (χ2n) is 5.59. The molecule has 0 spiro atoms. The van der Waals surface area contributed by atoms with Crippen LogP contribution >= 0.6 is 0 Å². The number of rotatable bonds is 4. The molecule has 4 heteroatoms. The van der Waals surface area contributed by atoms with Crippen LogP contribution in [0.4, 0.5) is 5.82 Å². The number of nitrogens with zero attached hydrogens (tertiary/aromatic N) is 2. The van der Waals surface area contributed by atoms with Crippen LogP contribution in [0.5, 0.6) is 0 Å². The summed E-state index contributed by atoms with van der Waals surface area (Å²) in [4.78, 5) is 9.01. The highest BCUT2D eigenvalue weighted by atomic mass is 16.5. The lowest BCUT2D eigenvalue weighted by Gasteiger charge is -2.29. The molecule has 0 bridgehead atoms. The molecule has 0 aliphatic rings. The quantitative estimate of drug-likeness (QED) is 0.893. The van der Waals surface area contributed by atoms with E-state index in [1.54, 1.807) is 0 Å². The number of nitrogen functional groups attached to an aromatic ring is 1. The van der Waals surface area contributed by atoms with Crippen molar-refractivity contribution in [2.75, 3.05) is 12.3 Å². The van der Waals surface area contributed by atoms with Crippen molar-refractivity contribution in [3.8, 4) is 0 Å². The highest BCUT2D eigenvalue weighted by Gasteiger charge is 2.30. The Hall–Kier alpha value is -1.16. The van der Waals surface area contributed by atoms with Crippen LogP contribution < -0.4 is 5.73 Å². The van der Waals surface area contributed by atoms with Crippen molar-refractivity contribution in [2.24, 2.45) is 5.41 Å². The molecule has 18 heavy (non-hydrogen) atoms. The van der Waals surface area contributed by atoms with Gasteiger partial charge in [0.1, 0.15) is 11.9 Å². The number of anilines is 1. The lowest BCUT2D eigenvalue weighted by atomic mass is 9.88. The zero-order valence-corrected chi connectivity index (χ0v) is 12.4. The Morgan fingerprint density at radius 1 is 1.22 bits per heavy atom. The first-order valence-electron chi connectivity index (χ1n) is 6.55. The molecule has 0 aromatic carbocycles. The van der Waals surface area contributed by atoms with Crippen LogP contribution in [0.25, 0.3) is 0 Å². The van der Waals surface area contributed by atoms with Crippen LogP contribution in [0.1, 0.15) is 57.8 Å². The minimum Gasteiger partial charge on any atom is -0.383 e. The third kappa shape index (κ3) is 3.19. The van der Waals surface area contributed by atoms with Gasteiger partial charge in [0.15, 0.2) is 5.82 Å². The molecule has 1 aromatic heterocycles. The van der Waals surface area contributed by atoms with Crippen LogP contribution in [0.15, 0.2) is 0 Å². The van der Waals surface area contributed by atoms with Crippen LogP contribution in [-0.4, -0.2) is 16.6 Å². The van der Waals surface area contributed by atoms with Crippen molar-refractivity contribution in [3.63, 3.8) is 0 Å². The fourth-order valence-corrected chi connectivity index (χ4v) is 2.07. The number of aryl methyl sites for hydroxylation is 1. The molecule has 1 rings (SSSR count). The van der Waals surface area contributed by atoms with Gasteiger partial charge in [-0.1, -0.05) is 27.7 Å². The van der Waals surface area contributed by atoms with Gasteiger partial charge < -0.3 is 10.5 Å². The van der Waals surface area contributed by atoms with Crippen molar-refractivity contribution >= 4 is 5.82 Å². The van der Waals surface area contributed by atoms with Crippen molar-refractivity contribution < 1.29 is 4.74 Å². The molecular formula is C14H25N3O. The summed E-state index contributed by atoms with van der Waals surface area (Å²) in [6.45, 7) is 13.0. The van der Waals surface area contributed by atoms with Gasteiger partial charge in [-0.3, -0.25) is 0 Å². The first kappa shape index (κ1) is 14.9. The first-order chi connectivity index (χ1) is 8.31. The minimum absolute atomic E-state index is 0.0530. The maximum atomic E-state index is 6.00. The van der Waals surface area contributed by atoms with E-state index in [0.29, 0.717) is 18.2 Å². The van der Waals surface area contributed by atoms with E-state index < -0.39 is 0 Å². The molecule has 102 valence electrons. The molecule has 0 amide bonds. The van der Waals surface area contributed by atoms with E-state index >= 15 is 0 Å². The summed E-state index contributed by atoms with van der Waals surface area (Å²) < 4.78 is 5.80. The summed E-state index contributed by atoms with van der Waals surface area (Å²) in [6, 6.07) is 0. The zero-order chi connectivity index (χ0) is 13.9. The summed E-state index contributed by atoms with van der Waals surface area (Å²) in [5, 5.41) is 0. The summed E-state index contributed by atoms with van der Waals surface area (Å²) in [7, 11) is 0. The number of nitrogens with two attached hydrogens (primary N) is 1. The van der Waals surface area contributed by atoms with Gasteiger partial charge in [0.05, 0.1) is 0 Å². The third-order valence-electron chi connectivity index (χ3n) is 2.97. The molecule has 0 aliphatic carbocycles. The van der Waals surface area contributed by atoms with Gasteiger partial charge >= 0.3 is 0 Å². The standard InChI is InChI=1S/C14H25N3O/c1-7-10-9(3)16-13(17-12(10)15)11(18-8-2)14(4,5)6/h11H,7-8H2,1-6H3,(H2,15,16,17). The lowest BCUT2D eigenvalue weighted by molar-refractivity contribution is -0.0191. The summed E-state index contributed by atoms with van der Waals surface area (Å²) in [6.07, 6.45) is 0.724. The fraction of sp³-hybridized carbons (Fsp3) is 0.714. The van der Waals surface area contributed by atoms with Gasteiger partial charge in [0, 0.05) is 17.9 Å². The second-order valence-corrected chi connectivity index (χ2v) is 5.59. The molecular weight excluding hydrogens is 226 g/mol. The number of aromatic nitrogens is 2. The molecule has 0 saturated carbocycles. The Kier molecular flexibility index (Phi) is 4.68. The van der Waals surface area contributed by atoms with E-state index in [4.69, 9.17) is 10.5 Å². The number of hydrogen-bond donors (Lipinski definition) is 1. The van der Waals surface area contributed by atoms with Crippen LogP contribution in [0.3, 0.4) is 0 Å². The Morgan fingerprint density at radius 3 is 2.22 bits per heavy atom. The molecule has 0 radical (unpaired) electrons. The Balaban J connectivity index is 3.22.